The summed E-state index contributed by atoms with van der Waals surface area (Å²) in [6, 6.07) is 0. The van der Waals surface area contributed by atoms with Crippen molar-refractivity contribution in [2.45, 2.75) is 25.8 Å². The fourth-order valence-corrected chi connectivity index (χ4v) is 1.94. The van der Waals surface area contributed by atoms with E-state index < -0.39 is 0 Å². The standard InChI is InChI=1S/C12H22N4/c1-15(2)12-14-9-11(16(12)3)8-13-7-6-10-4-5-10/h9-10,13H,4-8H2,1-3H3. The molecule has 1 aliphatic carbocycles. The van der Waals surface area contributed by atoms with E-state index in [1.54, 1.807) is 0 Å². The Kier molecular flexibility index (Phi) is 3.49. The molecule has 1 aliphatic rings. The molecular weight excluding hydrogens is 200 g/mol. The first-order chi connectivity index (χ1) is 7.68. The van der Waals surface area contributed by atoms with Crippen LogP contribution < -0.4 is 10.2 Å². The number of imidazole rings is 1. The normalized spacial score (nSPS) is 15.4. The zero-order valence-electron chi connectivity index (χ0n) is 10.5. The Morgan fingerprint density at radius 1 is 1.50 bits per heavy atom. The third-order valence-corrected chi connectivity index (χ3v) is 3.19. The zero-order valence-corrected chi connectivity index (χ0v) is 10.5. The Morgan fingerprint density at radius 3 is 2.81 bits per heavy atom. The monoisotopic (exact) mass is 222 g/mol. The summed E-state index contributed by atoms with van der Waals surface area (Å²) in [7, 11) is 6.11. The molecule has 0 saturated heterocycles. The number of nitrogens with zero attached hydrogens (tertiary/aromatic N) is 3. The molecule has 0 radical (unpaired) electrons. The van der Waals surface area contributed by atoms with Gasteiger partial charge in [0, 0.05) is 27.7 Å². The fraction of sp³-hybridized carbons (Fsp3) is 0.750. The van der Waals surface area contributed by atoms with Crippen molar-refractivity contribution in [2.75, 3.05) is 25.5 Å². The topological polar surface area (TPSA) is 33.1 Å². The molecule has 0 aliphatic heterocycles. The molecule has 16 heavy (non-hydrogen) atoms. The second kappa shape index (κ2) is 4.87. The summed E-state index contributed by atoms with van der Waals surface area (Å²) in [5, 5.41) is 3.49. The van der Waals surface area contributed by atoms with Crippen LogP contribution in [-0.4, -0.2) is 30.2 Å². The summed E-state index contributed by atoms with van der Waals surface area (Å²) in [5.74, 6) is 2.02. The van der Waals surface area contributed by atoms with E-state index in [-0.39, 0.29) is 0 Å². The van der Waals surface area contributed by atoms with Crippen molar-refractivity contribution in [1.82, 2.24) is 14.9 Å². The summed E-state index contributed by atoms with van der Waals surface area (Å²) in [6.07, 6.45) is 6.17. The Balaban J connectivity index is 1.79. The van der Waals surface area contributed by atoms with Gasteiger partial charge in [-0.05, 0) is 18.9 Å². The van der Waals surface area contributed by atoms with Crippen LogP contribution in [0.4, 0.5) is 5.95 Å². The van der Waals surface area contributed by atoms with Gasteiger partial charge in [0.2, 0.25) is 5.95 Å². The van der Waals surface area contributed by atoms with E-state index in [0.29, 0.717) is 0 Å². The van der Waals surface area contributed by atoms with Crippen molar-refractivity contribution >= 4 is 5.95 Å². The highest BCUT2D eigenvalue weighted by Crippen LogP contribution is 2.31. The van der Waals surface area contributed by atoms with Crippen LogP contribution in [0.2, 0.25) is 0 Å². The van der Waals surface area contributed by atoms with Gasteiger partial charge in [0.15, 0.2) is 0 Å². The Bertz CT molecular complexity index is 339. The van der Waals surface area contributed by atoms with Crippen molar-refractivity contribution in [3.05, 3.63) is 11.9 Å². The molecule has 1 aromatic rings. The number of hydrogen-bond acceptors (Lipinski definition) is 3. The Labute approximate surface area is 97.7 Å². The van der Waals surface area contributed by atoms with Crippen molar-refractivity contribution in [3.63, 3.8) is 0 Å². The Hall–Kier alpha value is -1.03. The van der Waals surface area contributed by atoms with Crippen LogP contribution in [0.15, 0.2) is 6.20 Å². The van der Waals surface area contributed by atoms with Gasteiger partial charge in [0.25, 0.3) is 0 Å². The maximum absolute atomic E-state index is 4.39. The van der Waals surface area contributed by atoms with E-state index in [9.17, 15) is 0 Å². The lowest BCUT2D eigenvalue weighted by Gasteiger charge is -2.12. The van der Waals surface area contributed by atoms with E-state index in [0.717, 1.165) is 25.0 Å². The number of rotatable bonds is 6. The van der Waals surface area contributed by atoms with Gasteiger partial charge in [0.1, 0.15) is 0 Å². The number of anilines is 1. The minimum Gasteiger partial charge on any atom is -0.348 e. The summed E-state index contributed by atoms with van der Waals surface area (Å²) in [6.45, 7) is 2.05. The molecule has 0 amide bonds. The van der Waals surface area contributed by atoms with Gasteiger partial charge in [-0.1, -0.05) is 12.8 Å². The molecule has 0 bridgehead atoms. The molecule has 0 aromatic carbocycles. The van der Waals surface area contributed by atoms with Gasteiger partial charge in [-0.2, -0.15) is 0 Å². The summed E-state index contributed by atoms with van der Waals surface area (Å²) in [5.41, 5.74) is 1.25. The first kappa shape index (κ1) is 11.5. The van der Waals surface area contributed by atoms with Gasteiger partial charge in [-0.25, -0.2) is 4.98 Å². The average molecular weight is 222 g/mol. The zero-order chi connectivity index (χ0) is 11.5. The van der Waals surface area contributed by atoms with Gasteiger partial charge in [-0.15, -0.1) is 0 Å². The van der Waals surface area contributed by atoms with E-state index in [1.165, 1.54) is 25.0 Å². The minimum atomic E-state index is 0.921. The molecule has 1 saturated carbocycles. The molecule has 1 N–H and O–H groups in total. The summed E-state index contributed by atoms with van der Waals surface area (Å²) >= 11 is 0. The van der Waals surface area contributed by atoms with Gasteiger partial charge >= 0.3 is 0 Å². The van der Waals surface area contributed by atoms with E-state index in [2.05, 4.69) is 21.9 Å². The molecule has 0 atom stereocenters. The highest BCUT2D eigenvalue weighted by atomic mass is 15.3. The molecule has 1 aromatic heterocycles. The number of aromatic nitrogens is 2. The third-order valence-electron chi connectivity index (χ3n) is 3.19. The Morgan fingerprint density at radius 2 is 2.25 bits per heavy atom. The van der Waals surface area contributed by atoms with Crippen LogP contribution >= 0.6 is 0 Å². The van der Waals surface area contributed by atoms with E-state index >= 15 is 0 Å². The van der Waals surface area contributed by atoms with Crippen molar-refractivity contribution in [1.29, 1.82) is 0 Å². The smallest absolute Gasteiger partial charge is 0.204 e. The summed E-state index contributed by atoms with van der Waals surface area (Å²) < 4.78 is 2.14. The SMILES string of the molecule is CN(C)c1ncc(CNCCC2CC2)n1C. The van der Waals surface area contributed by atoms with Crippen LogP contribution in [0.1, 0.15) is 25.0 Å². The molecule has 0 spiro atoms. The van der Waals surface area contributed by atoms with Crippen molar-refractivity contribution in [3.8, 4) is 0 Å². The van der Waals surface area contributed by atoms with Crippen LogP contribution in [0, 0.1) is 5.92 Å². The quantitative estimate of drug-likeness (QED) is 0.738. The van der Waals surface area contributed by atoms with E-state index in [1.807, 2.05) is 25.2 Å². The summed E-state index contributed by atoms with van der Waals surface area (Å²) in [4.78, 5) is 6.43. The maximum Gasteiger partial charge on any atom is 0.204 e. The molecule has 4 nitrogen and oxygen atoms in total. The first-order valence-corrected chi connectivity index (χ1v) is 6.07. The molecule has 0 unspecified atom stereocenters. The van der Waals surface area contributed by atoms with Gasteiger partial charge in [-0.3, -0.25) is 0 Å². The van der Waals surface area contributed by atoms with E-state index in [4.69, 9.17) is 0 Å². The number of hydrogen-bond donors (Lipinski definition) is 1. The van der Waals surface area contributed by atoms with Gasteiger partial charge < -0.3 is 14.8 Å². The number of nitrogens with one attached hydrogen (secondary N) is 1. The highest BCUT2D eigenvalue weighted by Gasteiger charge is 2.20. The molecular formula is C12H22N4. The maximum atomic E-state index is 4.39. The average Bonchev–Trinajstić information content (AvgIpc) is 2.98. The lowest BCUT2D eigenvalue weighted by Crippen LogP contribution is -2.19. The van der Waals surface area contributed by atoms with Crippen molar-refractivity contribution < 1.29 is 0 Å². The molecule has 4 heteroatoms. The largest absolute Gasteiger partial charge is 0.348 e. The fourth-order valence-electron chi connectivity index (χ4n) is 1.94. The van der Waals surface area contributed by atoms with Crippen LogP contribution in [0.3, 0.4) is 0 Å². The van der Waals surface area contributed by atoms with Crippen molar-refractivity contribution in [2.24, 2.45) is 13.0 Å². The van der Waals surface area contributed by atoms with Gasteiger partial charge in [0.05, 0.1) is 11.9 Å². The lowest BCUT2D eigenvalue weighted by molar-refractivity contribution is 0.596. The first-order valence-electron chi connectivity index (χ1n) is 6.07. The second-order valence-electron chi connectivity index (χ2n) is 4.91. The van der Waals surface area contributed by atoms with Crippen LogP contribution in [-0.2, 0) is 13.6 Å². The molecule has 1 heterocycles. The molecule has 2 rings (SSSR count). The third kappa shape index (κ3) is 2.76. The predicted octanol–water partition coefficient (Wildman–Crippen LogP) is 1.38. The lowest BCUT2D eigenvalue weighted by atomic mass is 10.3. The second-order valence-corrected chi connectivity index (χ2v) is 4.91. The van der Waals surface area contributed by atoms with Crippen LogP contribution in [0.25, 0.3) is 0 Å². The van der Waals surface area contributed by atoms with Crippen LogP contribution in [0.5, 0.6) is 0 Å². The molecule has 90 valence electrons. The predicted molar refractivity (Wildman–Crippen MR) is 66.6 cm³/mol. The highest BCUT2D eigenvalue weighted by molar-refractivity contribution is 5.30. The minimum absolute atomic E-state index is 0.921. The molecule has 1 fully saturated rings.